The summed E-state index contributed by atoms with van der Waals surface area (Å²) in [6, 6.07) is 9.00. The zero-order chi connectivity index (χ0) is 20.6. The Kier molecular flexibility index (Phi) is 12.8. The molecular weight excluding hydrogens is 372 g/mol. The zero-order valence-electron chi connectivity index (χ0n) is 18.6. The van der Waals surface area contributed by atoms with Crippen molar-refractivity contribution in [3.8, 4) is 11.1 Å². The molecule has 0 radical (unpaired) electrons. The highest BCUT2D eigenvalue weighted by Gasteiger charge is 2.06. The summed E-state index contributed by atoms with van der Waals surface area (Å²) in [6.45, 7) is 4.54. The summed E-state index contributed by atoms with van der Waals surface area (Å²) >= 11 is 4.27. The van der Waals surface area contributed by atoms with Crippen molar-refractivity contribution < 1.29 is 9.13 Å². The standard InChI is InChI=1S/C26H41N2S/c1-2-3-4-5-8-11-18-27-20-14-25(15-21-27)26-16-22-28(23-17-26)19-12-9-6-7-10-13-24-29/h14-17,20-23H,2-13,18-19,24H2,1H3/q+1/p+1. The zero-order valence-corrected chi connectivity index (χ0v) is 19.5. The van der Waals surface area contributed by atoms with Gasteiger partial charge in [0.05, 0.1) is 0 Å². The van der Waals surface area contributed by atoms with Crippen molar-refractivity contribution in [2.75, 3.05) is 5.75 Å². The van der Waals surface area contributed by atoms with Crippen molar-refractivity contribution in [2.45, 2.75) is 97.1 Å². The summed E-state index contributed by atoms with van der Waals surface area (Å²) in [6.07, 6.45) is 25.0. The second-order valence-corrected chi connectivity index (χ2v) is 8.71. The van der Waals surface area contributed by atoms with Crippen molar-refractivity contribution in [1.82, 2.24) is 0 Å². The summed E-state index contributed by atoms with van der Waals surface area (Å²) in [4.78, 5) is 0. The molecule has 0 aliphatic heterocycles. The molecule has 2 nitrogen and oxygen atoms in total. The van der Waals surface area contributed by atoms with Crippen LogP contribution < -0.4 is 9.13 Å². The van der Waals surface area contributed by atoms with Crippen LogP contribution in [0.1, 0.15) is 84.0 Å². The topological polar surface area (TPSA) is 7.76 Å². The molecule has 0 N–H and O–H groups in total. The van der Waals surface area contributed by atoms with Crippen LogP contribution in [0, 0.1) is 0 Å². The molecule has 2 aromatic rings. The maximum atomic E-state index is 4.27. The molecule has 2 heterocycles. The van der Waals surface area contributed by atoms with Crippen LogP contribution in [0.3, 0.4) is 0 Å². The lowest BCUT2D eigenvalue weighted by Crippen LogP contribution is -2.33. The fraction of sp³-hybridized carbons (Fsp3) is 0.615. The number of thiol groups is 1. The number of nitrogens with zero attached hydrogens (tertiary/aromatic N) is 2. The van der Waals surface area contributed by atoms with Crippen LogP contribution in [0.2, 0.25) is 0 Å². The average molecular weight is 415 g/mol. The number of aromatic nitrogens is 2. The van der Waals surface area contributed by atoms with Gasteiger partial charge >= 0.3 is 0 Å². The minimum Gasteiger partial charge on any atom is -0.205 e. The van der Waals surface area contributed by atoms with Crippen LogP contribution in [-0.4, -0.2) is 5.75 Å². The van der Waals surface area contributed by atoms with Crippen LogP contribution >= 0.6 is 12.6 Å². The normalized spacial score (nSPS) is 11.1. The number of unbranched alkanes of at least 4 members (excludes halogenated alkanes) is 10. The highest BCUT2D eigenvalue weighted by molar-refractivity contribution is 7.80. The Labute approximate surface area is 184 Å². The van der Waals surface area contributed by atoms with E-state index in [9.17, 15) is 0 Å². The third-order valence-electron chi connectivity index (χ3n) is 5.71. The van der Waals surface area contributed by atoms with E-state index in [0.29, 0.717) is 0 Å². The van der Waals surface area contributed by atoms with Crippen LogP contribution in [0.5, 0.6) is 0 Å². The third kappa shape index (κ3) is 10.3. The van der Waals surface area contributed by atoms with Gasteiger partial charge in [-0.1, -0.05) is 51.9 Å². The number of pyridine rings is 2. The molecule has 0 aliphatic rings. The largest absolute Gasteiger partial charge is 0.205 e. The summed E-state index contributed by atoms with van der Waals surface area (Å²) < 4.78 is 4.64. The molecule has 0 spiro atoms. The average Bonchev–Trinajstić information content (AvgIpc) is 2.76. The van der Waals surface area contributed by atoms with Crippen LogP contribution in [0.15, 0.2) is 49.1 Å². The van der Waals surface area contributed by atoms with Crippen LogP contribution in [0.25, 0.3) is 11.1 Å². The van der Waals surface area contributed by atoms with Gasteiger partial charge in [-0.25, -0.2) is 9.13 Å². The first-order valence-corrected chi connectivity index (χ1v) is 12.6. The van der Waals surface area contributed by atoms with Crippen molar-refractivity contribution in [3.05, 3.63) is 49.1 Å². The number of hydrogen-bond donors (Lipinski definition) is 1. The maximum absolute atomic E-state index is 4.27. The number of aryl methyl sites for hydroxylation is 2. The fourth-order valence-electron chi connectivity index (χ4n) is 3.79. The van der Waals surface area contributed by atoms with Gasteiger partial charge in [0.2, 0.25) is 0 Å². The molecule has 0 unspecified atom stereocenters. The summed E-state index contributed by atoms with van der Waals surface area (Å²) in [5.41, 5.74) is 2.61. The molecule has 160 valence electrons. The van der Waals surface area contributed by atoms with E-state index < -0.39 is 0 Å². The van der Waals surface area contributed by atoms with E-state index in [0.717, 1.165) is 18.8 Å². The summed E-state index contributed by atoms with van der Waals surface area (Å²) in [5, 5.41) is 0. The molecule has 0 fully saturated rings. The molecule has 0 aromatic carbocycles. The van der Waals surface area contributed by atoms with E-state index >= 15 is 0 Å². The Morgan fingerprint density at radius 3 is 1.34 bits per heavy atom. The van der Waals surface area contributed by atoms with Crippen molar-refractivity contribution in [1.29, 1.82) is 0 Å². The molecule has 29 heavy (non-hydrogen) atoms. The maximum Gasteiger partial charge on any atom is 0.169 e. The third-order valence-corrected chi connectivity index (χ3v) is 6.03. The Hall–Kier alpha value is -1.35. The van der Waals surface area contributed by atoms with Crippen molar-refractivity contribution >= 4 is 12.6 Å². The molecule has 0 atom stereocenters. The molecule has 2 rings (SSSR count). The highest BCUT2D eigenvalue weighted by atomic mass is 32.1. The molecule has 0 saturated heterocycles. The minimum absolute atomic E-state index is 1.03. The smallest absolute Gasteiger partial charge is 0.169 e. The molecule has 0 amide bonds. The molecule has 0 aliphatic carbocycles. The molecular formula is C26H42N2S+2. The van der Waals surface area contributed by atoms with E-state index in [1.807, 2.05) is 0 Å². The summed E-state index contributed by atoms with van der Waals surface area (Å²) in [7, 11) is 0. The number of rotatable bonds is 16. The van der Waals surface area contributed by atoms with E-state index in [4.69, 9.17) is 0 Å². The molecule has 2 aromatic heterocycles. The van der Waals surface area contributed by atoms with Crippen LogP contribution in [0.4, 0.5) is 0 Å². The first-order chi connectivity index (χ1) is 14.3. The predicted molar refractivity (Wildman–Crippen MR) is 127 cm³/mol. The fourth-order valence-corrected chi connectivity index (χ4v) is 4.01. The van der Waals surface area contributed by atoms with E-state index in [2.05, 4.69) is 77.7 Å². The van der Waals surface area contributed by atoms with Gasteiger partial charge in [-0.15, -0.1) is 0 Å². The Balaban J connectivity index is 1.68. The first kappa shape index (κ1) is 23.9. The second-order valence-electron chi connectivity index (χ2n) is 8.26. The molecule has 3 heteroatoms. The van der Waals surface area contributed by atoms with Gasteiger partial charge in [0.25, 0.3) is 0 Å². The van der Waals surface area contributed by atoms with Gasteiger partial charge in [0, 0.05) is 37.1 Å². The monoisotopic (exact) mass is 414 g/mol. The first-order valence-electron chi connectivity index (χ1n) is 11.9. The van der Waals surface area contributed by atoms with Gasteiger partial charge in [-0.05, 0) is 36.1 Å². The van der Waals surface area contributed by atoms with Gasteiger partial charge in [0.1, 0.15) is 13.1 Å². The van der Waals surface area contributed by atoms with E-state index in [1.54, 1.807) is 0 Å². The SMILES string of the molecule is CCCCCCCC[n+]1ccc(-c2cc[n+](CCCCCCCCS)cc2)cc1. The van der Waals surface area contributed by atoms with Crippen molar-refractivity contribution in [3.63, 3.8) is 0 Å². The van der Waals surface area contributed by atoms with Crippen molar-refractivity contribution in [2.24, 2.45) is 0 Å². The Morgan fingerprint density at radius 1 is 0.552 bits per heavy atom. The van der Waals surface area contributed by atoms with Gasteiger partial charge < -0.3 is 0 Å². The second kappa shape index (κ2) is 15.5. The van der Waals surface area contributed by atoms with E-state index in [-0.39, 0.29) is 0 Å². The minimum atomic E-state index is 1.03. The predicted octanol–water partition coefficient (Wildman–Crippen LogP) is 6.56. The van der Waals surface area contributed by atoms with Gasteiger partial charge in [0.15, 0.2) is 24.8 Å². The quantitative estimate of drug-likeness (QED) is 0.181. The summed E-state index contributed by atoms with van der Waals surface area (Å²) in [5.74, 6) is 1.03. The van der Waals surface area contributed by atoms with Crippen LogP contribution in [-0.2, 0) is 13.1 Å². The molecule has 0 bridgehead atoms. The lowest BCUT2D eigenvalue weighted by molar-refractivity contribution is -0.697. The lowest BCUT2D eigenvalue weighted by atomic mass is 10.1. The molecule has 0 saturated carbocycles. The van der Waals surface area contributed by atoms with Gasteiger partial charge in [-0.2, -0.15) is 12.6 Å². The Morgan fingerprint density at radius 2 is 0.931 bits per heavy atom. The van der Waals surface area contributed by atoms with Gasteiger partial charge in [-0.3, -0.25) is 0 Å². The number of hydrogen-bond acceptors (Lipinski definition) is 1. The lowest BCUT2D eigenvalue weighted by Gasteiger charge is -2.03. The van der Waals surface area contributed by atoms with E-state index in [1.165, 1.54) is 88.2 Å². The Bertz CT molecular complexity index is 637. The highest BCUT2D eigenvalue weighted by Crippen LogP contribution is 2.16.